The molecule has 0 spiro atoms. The van der Waals surface area contributed by atoms with Crippen molar-refractivity contribution in [3.63, 3.8) is 0 Å². The molecule has 17 heavy (non-hydrogen) atoms. The van der Waals surface area contributed by atoms with Crippen LogP contribution in [0.2, 0.25) is 0 Å². The lowest BCUT2D eigenvalue weighted by molar-refractivity contribution is -0.122. The Hall–Kier alpha value is -1.07. The van der Waals surface area contributed by atoms with Gasteiger partial charge in [-0.15, -0.1) is 0 Å². The van der Waals surface area contributed by atoms with Gasteiger partial charge in [0.05, 0.1) is 0 Å². The molecule has 0 unspecified atom stereocenters. The largest absolute Gasteiger partial charge is 0.285 e. The van der Waals surface area contributed by atoms with Gasteiger partial charge in [-0.25, -0.2) is 4.99 Å². The van der Waals surface area contributed by atoms with Crippen molar-refractivity contribution in [2.45, 2.75) is 0 Å². The molecular weight excluding hydrogens is 300 g/mol. The Bertz CT molecular complexity index is 536. The van der Waals surface area contributed by atoms with Crippen LogP contribution in [0.5, 0.6) is 0 Å². The van der Waals surface area contributed by atoms with E-state index in [1.54, 1.807) is 16.7 Å². The van der Waals surface area contributed by atoms with Crippen LogP contribution in [0.4, 0.5) is 0 Å². The van der Waals surface area contributed by atoms with Gasteiger partial charge in [-0.2, -0.15) is 0 Å². The highest BCUT2D eigenvalue weighted by atomic mass is 79.9. The van der Waals surface area contributed by atoms with Crippen molar-refractivity contribution >= 4 is 44.8 Å². The molecule has 1 amide bonds. The Balaban J connectivity index is 1.93. The van der Waals surface area contributed by atoms with Gasteiger partial charge in [0.2, 0.25) is 0 Å². The summed E-state index contributed by atoms with van der Waals surface area (Å²) in [6.45, 7) is 0.778. The maximum atomic E-state index is 12.0. The molecule has 0 aliphatic carbocycles. The number of halogens is 1. The van der Waals surface area contributed by atoms with Crippen molar-refractivity contribution in [2.24, 2.45) is 4.99 Å². The lowest BCUT2D eigenvalue weighted by atomic mass is 10.2. The zero-order valence-corrected chi connectivity index (χ0v) is 11.3. The zero-order valence-electron chi connectivity index (χ0n) is 8.89. The van der Waals surface area contributed by atoms with Gasteiger partial charge in [0.15, 0.2) is 5.17 Å². The van der Waals surface area contributed by atoms with Crippen LogP contribution in [0.15, 0.2) is 39.4 Å². The third kappa shape index (κ3) is 2.05. The van der Waals surface area contributed by atoms with Gasteiger partial charge in [-0.1, -0.05) is 39.8 Å². The normalized spacial score (nSPS) is 21.0. The number of nitrogens with zero attached hydrogens (tertiary/aromatic N) is 2. The van der Waals surface area contributed by atoms with Crippen molar-refractivity contribution < 1.29 is 4.79 Å². The molecule has 1 fully saturated rings. The molecule has 2 heterocycles. The summed E-state index contributed by atoms with van der Waals surface area (Å²) in [5, 5.41) is 0.846. The van der Waals surface area contributed by atoms with Crippen LogP contribution in [-0.4, -0.2) is 28.3 Å². The zero-order chi connectivity index (χ0) is 11.8. The van der Waals surface area contributed by atoms with Gasteiger partial charge in [0.25, 0.3) is 5.91 Å². The summed E-state index contributed by atoms with van der Waals surface area (Å²) >= 11 is 5.02. The number of aliphatic imine (C=N–C) groups is 1. The van der Waals surface area contributed by atoms with E-state index >= 15 is 0 Å². The highest BCUT2D eigenvalue weighted by Crippen LogP contribution is 2.28. The van der Waals surface area contributed by atoms with Gasteiger partial charge in [0.1, 0.15) is 5.70 Å². The molecule has 2 aliphatic heterocycles. The standard InChI is InChI=1S/C12H9BrN2OS/c13-9-3-1-8(2-4-9)7-10-11(16)15-5-6-17-12(15)14-10/h1-4,7H,5-6H2/b10-7-. The highest BCUT2D eigenvalue weighted by Gasteiger charge is 2.33. The lowest BCUT2D eigenvalue weighted by Crippen LogP contribution is -2.26. The fourth-order valence-corrected chi connectivity index (χ4v) is 3.00. The predicted octanol–water partition coefficient (Wildman–Crippen LogP) is 2.74. The number of carbonyl (C=O) groups is 1. The van der Waals surface area contributed by atoms with E-state index < -0.39 is 0 Å². The Morgan fingerprint density at radius 2 is 2.12 bits per heavy atom. The Labute approximate surface area is 112 Å². The molecule has 1 aromatic carbocycles. The smallest absolute Gasteiger partial charge is 0.278 e. The SMILES string of the molecule is O=C1/C(=C/c2ccc(Br)cc2)N=C2SCCN12. The van der Waals surface area contributed by atoms with E-state index in [0.717, 1.165) is 27.5 Å². The lowest BCUT2D eigenvalue weighted by Gasteiger charge is -2.05. The fourth-order valence-electron chi connectivity index (χ4n) is 1.78. The molecular formula is C12H9BrN2OS. The van der Waals surface area contributed by atoms with E-state index in [-0.39, 0.29) is 5.91 Å². The number of hydrogen-bond acceptors (Lipinski definition) is 3. The van der Waals surface area contributed by atoms with Gasteiger partial charge in [-0.05, 0) is 23.8 Å². The fraction of sp³-hybridized carbons (Fsp3) is 0.167. The summed E-state index contributed by atoms with van der Waals surface area (Å²) in [7, 11) is 0. The van der Waals surface area contributed by atoms with Gasteiger partial charge < -0.3 is 0 Å². The van der Waals surface area contributed by atoms with Crippen LogP contribution >= 0.6 is 27.7 Å². The first-order chi connectivity index (χ1) is 8.24. The van der Waals surface area contributed by atoms with Gasteiger partial charge in [0, 0.05) is 16.8 Å². The molecule has 1 saturated heterocycles. The number of carbonyl (C=O) groups excluding carboxylic acids is 1. The van der Waals surface area contributed by atoms with Gasteiger partial charge in [-0.3, -0.25) is 9.69 Å². The Kier molecular flexibility index (Phi) is 2.80. The number of fused-ring (bicyclic) bond motifs is 1. The van der Waals surface area contributed by atoms with Crippen molar-refractivity contribution in [2.75, 3.05) is 12.3 Å². The van der Waals surface area contributed by atoms with E-state index in [9.17, 15) is 4.79 Å². The maximum Gasteiger partial charge on any atom is 0.278 e. The molecule has 2 aliphatic rings. The number of rotatable bonds is 1. The summed E-state index contributed by atoms with van der Waals surface area (Å²) < 4.78 is 1.03. The Morgan fingerprint density at radius 3 is 2.82 bits per heavy atom. The van der Waals surface area contributed by atoms with Crippen LogP contribution in [0, 0.1) is 0 Å². The Morgan fingerprint density at radius 1 is 1.35 bits per heavy atom. The molecule has 0 aromatic heterocycles. The molecule has 5 heteroatoms. The van der Waals surface area contributed by atoms with E-state index in [1.807, 2.05) is 30.3 Å². The van der Waals surface area contributed by atoms with Crippen LogP contribution in [0.25, 0.3) is 6.08 Å². The first kappa shape index (κ1) is 11.0. The van der Waals surface area contributed by atoms with Crippen molar-refractivity contribution in [3.8, 4) is 0 Å². The second-order valence-corrected chi connectivity index (χ2v) is 5.76. The van der Waals surface area contributed by atoms with E-state index in [2.05, 4.69) is 20.9 Å². The van der Waals surface area contributed by atoms with Gasteiger partial charge >= 0.3 is 0 Å². The molecule has 0 radical (unpaired) electrons. The van der Waals surface area contributed by atoms with Crippen LogP contribution < -0.4 is 0 Å². The maximum absolute atomic E-state index is 12.0. The van der Waals surface area contributed by atoms with Crippen molar-refractivity contribution in [1.82, 2.24) is 4.90 Å². The summed E-state index contributed by atoms with van der Waals surface area (Å²) in [5.41, 5.74) is 1.53. The predicted molar refractivity (Wildman–Crippen MR) is 73.7 cm³/mol. The average molecular weight is 309 g/mol. The molecule has 0 saturated carbocycles. The van der Waals surface area contributed by atoms with Crippen molar-refractivity contribution in [3.05, 3.63) is 40.0 Å². The van der Waals surface area contributed by atoms with Crippen LogP contribution in [-0.2, 0) is 4.79 Å². The van der Waals surface area contributed by atoms with E-state index in [0.29, 0.717) is 5.70 Å². The van der Waals surface area contributed by atoms with Crippen molar-refractivity contribution in [1.29, 1.82) is 0 Å². The molecule has 3 nitrogen and oxygen atoms in total. The number of amides is 1. The molecule has 3 rings (SSSR count). The van der Waals surface area contributed by atoms with E-state index in [1.165, 1.54) is 0 Å². The molecule has 86 valence electrons. The molecule has 0 bridgehead atoms. The minimum absolute atomic E-state index is 0.0212. The monoisotopic (exact) mass is 308 g/mol. The molecule has 0 atom stereocenters. The number of thioether (sulfide) groups is 1. The highest BCUT2D eigenvalue weighted by molar-refractivity contribution is 9.10. The summed E-state index contributed by atoms with van der Waals surface area (Å²) in [4.78, 5) is 18.1. The number of amidine groups is 1. The minimum Gasteiger partial charge on any atom is -0.285 e. The topological polar surface area (TPSA) is 32.7 Å². The molecule has 1 aromatic rings. The summed E-state index contributed by atoms with van der Waals surface area (Å²) in [6.07, 6.45) is 1.83. The summed E-state index contributed by atoms with van der Waals surface area (Å²) in [6, 6.07) is 7.83. The number of benzene rings is 1. The third-order valence-corrected chi connectivity index (χ3v) is 4.12. The first-order valence-electron chi connectivity index (χ1n) is 5.25. The van der Waals surface area contributed by atoms with E-state index in [4.69, 9.17) is 0 Å². The van der Waals surface area contributed by atoms with Crippen LogP contribution in [0.3, 0.4) is 0 Å². The second kappa shape index (κ2) is 4.31. The summed E-state index contributed by atoms with van der Waals surface area (Å²) in [5.74, 6) is 0.976. The number of hydrogen-bond donors (Lipinski definition) is 0. The minimum atomic E-state index is 0.0212. The first-order valence-corrected chi connectivity index (χ1v) is 7.02. The second-order valence-electron chi connectivity index (χ2n) is 3.78. The average Bonchev–Trinajstić information content (AvgIpc) is 2.87. The quantitative estimate of drug-likeness (QED) is 0.747. The molecule has 0 N–H and O–H groups in total. The third-order valence-electron chi connectivity index (χ3n) is 2.63. The van der Waals surface area contributed by atoms with Crippen LogP contribution in [0.1, 0.15) is 5.56 Å².